The van der Waals surface area contributed by atoms with Crippen LogP contribution in [-0.2, 0) is 4.74 Å². The van der Waals surface area contributed by atoms with E-state index in [1.807, 2.05) is 36.4 Å². The van der Waals surface area contributed by atoms with Crippen molar-refractivity contribution in [2.75, 3.05) is 19.8 Å². The molecular formula is C35H49FO4. The molecule has 4 nitrogen and oxygen atoms in total. The molecule has 220 valence electrons. The largest absolute Gasteiger partial charge is 0.491 e. The van der Waals surface area contributed by atoms with E-state index in [1.54, 1.807) is 6.07 Å². The van der Waals surface area contributed by atoms with Crippen LogP contribution in [0, 0.1) is 23.6 Å². The molecule has 1 atom stereocenters. The third kappa shape index (κ3) is 8.64. The number of ether oxygens (including phenoxy) is 2. The molecule has 0 spiro atoms. The van der Waals surface area contributed by atoms with Crippen molar-refractivity contribution in [2.24, 2.45) is 17.8 Å². The molecule has 0 aromatic heterocycles. The first-order valence-electron chi connectivity index (χ1n) is 15.6. The Hall–Kier alpha value is -2.21. The van der Waals surface area contributed by atoms with Gasteiger partial charge in [-0.25, -0.2) is 4.39 Å². The highest BCUT2D eigenvalue weighted by Crippen LogP contribution is 2.45. The summed E-state index contributed by atoms with van der Waals surface area (Å²) in [5.41, 5.74) is 2.90. The molecule has 4 rings (SSSR count). The minimum Gasteiger partial charge on any atom is -0.491 e. The smallest absolute Gasteiger partial charge is 0.179 e. The number of aliphatic hydroxyl groups excluding tert-OH is 2. The molecule has 0 saturated heterocycles. The number of unbranched alkanes of at least 4 members (excludes halogenated alkanes) is 2. The monoisotopic (exact) mass is 552 g/mol. The lowest BCUT2D eigenvalue weighted by molar-refractivity contribution is -0.0830. The van der Waals surface area contributed by atoms with Crippen molar-refractivity contribution < 1.29 is 24.1 Å². The van der Waals surface area contributed by atoms with Crippen LogP contribution in [0.3, 0.4) is 0 Å². The number of hydrogen-bond donors (Lipinski definition) is 2. The molecule has 2 N–H and O–H groups in total. The standard InChI is InChI=1S/C35H49FO4/c1-3-4-5-6-26-7-9-27(10-8-26)28-11-13-30(14-12-28)33-20-17-31(23-34(33)36)29-15-18-32(19-16-29)39-21-22-40-35(38)25(2)24-37/h15-20,23,26-28,30,35,37-38H,2-14,21-22,24H2,1H3. The number of halogens is 1. The Labute approximate surface area is 240 Å². The molecule has 40 heavy (non-hydrogen) atoms. The topological polar surface area (TPSA) is 58.9 Å². The zero-order valence-electron chi connectivity index (χ0n) is 24.3. The minimum absolute atomic E-state index is 0.0889. The second-order valence-corrected chi connectivity index (χ2v) is 12.0. The van der Waals surface area contributed by atoms with Gasteiger partial charge in [-0.15, -0.1) is 0 Å². The van der Waals surface area contributed by atoms with Crippen molar-refractivity contribution in [3.8, 4) is 16.9 Å². The van der Waals surface area contributed by atoms with Gasteiger partial charge in [-0.3, -0.25) is 0 Å². The third-order valence-corrected chi connectivity index (χ3v) is 9.35. The molecule has 0 aliphatic heterocycles. The maximum absolute atomic E-state index is 15.3. The van der Waals surface area contributed by atoms with E-state index < -0.39 is 6.29 Å². The fourth-order valence-corrected chi connectivity index (χ4v) is 6.83. The lowest BCUT2D eigenvalue weighted by atomic mass is 9.68. The van der Waals surface area contributed by atoms with E-state index in [0.717, 1.165) is 47.3 Å². The Morgan fingerprint density at radius 3 is 2.17 bits per heavy atom. The van der Waals surface area contributed by atoms with Crippen LogP contribution in [0.15, 0.2) is 54.6 Å². The summed E-state index contributed by atoms with van der Waals surface area (Å²) in [6.45, 7) is 5.90. The van der Waals surface area contributed by atoms with Gasteiger partial charge < -0.3 is 19.7 Å². The summed E-state index contributed by atoms with van der Waals surface area (Å²) in [6, 6.07) is 13.3. The zero-order chi connectivity index (χ0) is 28.3. The van der Waals surface area contributed by atoms with E-state index >= 15 is 4.39 Å². The van der Waals surface area contributed by atoms with Crippen molar-refractivity contribution in [3.05, 3.63) is 66.0 Å². The van der Waals surface area contributed by atoms with E-state index in [0.29, 0.717) is 11.7 Å². The van der Waals surface area contributed by atoms with E-state index in [2.05, 4.69) is 13.5 Å². The van der Waals surface area contributed by atoms with Gasteiger partial charge in [0.05, 0.1) is 13.2 Å². The lowest BCUT2D eigenvalue weighted by Gasteiger charge is -2.38. The quantitative estimate of drug-likeness (QED) is 0.140. The summed E-state index contributed by atoms with van der Waals surface area (Å²) < 4.78 is 26.1. The molecule has 2 aromatic rings. The van der Waals surface area contributed by atoms with Crippen LogP contribution in [0.4, 0.5) is 4.39 Å². The first-order valence-corrected chi connectivity index (χ1v) is 15.6. The molecule has 2 saturated carbocycles. The molecule has 1 unspecified atom stereocenters. The van der Waals surface area contributed by atoms with Gasteiger partial charge in [0.25, 0.3) is 0 Å². The van der Waals surface area contributed by atoms with Crippen LogP contribution in [0.25, 0.3) is 11.1 Å². The van der Waals surface area contributed by atoms with Gasteiger partial charge in [-0.1, -0.05) is 76.3 Å². The fraction of sp³-hybridized carbons (Fsp3) is 0.600. The van der Waals surface area contributed by atoms with Gasteiger partial charge in [0.2, 0.25) is 0 Å². The maximum Gasteiger partial charge on any atom is 0.179 e. The summed E-state index contributed by atoms with van der Waals surface area (Å²) in [5.74, 6) is 3.62. The molecule has 0 bridgehead atoms. The average Bonchev–Trinajstić information content (AvgIpc) is 2.99. The minimum atomic E-state index is -1.20. The highest BCUT2D eigenvalue weighted by molar-refractivity contribution is 5.64. The predicted molar refractivity (Wildman–Crippen MR) is 160 cm³/mol. The summed E-state index contributed by atoms with van der Waals surface area (Å²) in [7, 11) is 0. The van der Waals surface area contributed by atoms with Crippen LogP contribution < -0.4 is 4.74 Å². The van der Waals surface area contributed by atoms with Crippen LogP contribution >= 0.6 is 0 Å². The zero-order valence-corrected chi connectivity index (χ0v) is 24.3. The molecule has 5 heteroatoms. The molecular weight excluding hydrogens is 503 g/mol. The molecule has 2 aliphatic rings. The van der Waals surface area contributed by atoms with Gasteiger partial charge in [-0.2, -0.15) is 0 Å². The number of benzene rings is 2. The predicted octanol–water partition coefficient (Wildman–Crippen LogP) is 8.42. The van der Waals surface area contributed by atoms with Crippen LogP contribution in [0.1, 0.15) is 95.5 Å². The van der Waals surface area contributed by atoms with Gasteiger partial charge in [0, 0.05) is 5.57 Å². The van der Waals surface area contributed by atoms with E-state index in [4.69, 9.17) is 14.6 Å². The molecule has 2 aliphatic carbocycles. The highest BCUT2D eigenvalue weighted by Gasteiger charge is 2.32. The van der Waals surface area contributed by atoms with Crippen LogP contribution in [0.2, 0.25) is 0 Å². The Bertz CT molecular complexity index is 1040. The highest BCUT2D eigenvalue weighted by atomic mass is 19.1. The van der Waals surface area contributed by atoms with Gasteiger partial charge in [0.1, 0.15) is 18.2 Å². The summed E-state index contributed by atoms with van der Waals surface area (Å²) >= 11 is 0. The first kappa shape index (κ1) is 30.7. The third-order valence-electron chi connectivity index (χ3n) is 9.35. The summed E-state index contributed by atoms with van der Waals surface area (Å²) in [6.07, 6.45) is 14.8. The van der Waals surface area contributed by atoms with E-state index in [-0.39, 0.29) is 31.2 Å². The molecule has 2 fully saturated rings. The SMILES string of the molecule is C=C(CO)C(O)OCCOc1ccc(-c2ccc(C3CCC(C4CCC(CCCCC)CC4)CC3)c(F)c2)cc1. The Balaban J connectivity index is 1.22. The number of rotatable bonds is 14. The van der Waals surface area contributed by atoms with Crippen molar-refractivity contribution in [1.82, 2.24) is 0 Å². The Kier molecular flexibility index (Phi) is 12.1. The Morgan fingerprint density at radius 2 is 1.55 bits per heavy atom. The number of hydrogen-bond acceptors (Lipinski definition) is 4. The second-order valence-electron chi connectivity index (χ2n) is 12.0. The van der Waals surface area contributed by atoms with Gasteiger partial charge in [0.15, 0.2) is 6.29 Å². The lowest BCUT2D eigenvalue weighted by Crippen LogP contribution is -2.25. The molecule has 0 amide bonds. The summed E-state index contributed by atoms with van der Waals surface area (Å²) in [4.78, 5) is 0. The van der Waals surface area contributed by atoms with E-state index in [1.165, 1.54) is 64.2 Å². The second kappa shape index (κ2) is 15.7. The van der Waals surface area contributed by atoms with Crippen LogP contribution in [0.5, 0.6) is 5.75 Å². The van der Waals surface area contributed by atoms with Crippen LogP contribution in [-0.4, -0.2) is 36.3 Å². The molecule has 2 aromatic carbocycles. The van der Waals surface area contributed by atoms with Gasteiger partial charge >= 0.3 is 0 Å². The van der Waals surface area contributed by atoms with Crippen molar-refractivity contribution in [1.29, 1.82) is 0 Å². The normalized spacial score (nSPS) is 24.0. The average molecular weight is 553 g/mol. The molecule has 0 radical (unpaired) electrons. The van der Waals surface area contributed by atoms with Crippen molar-refractivity contribution in [2.45, 2.75) is 96.2 Å². The molecule has 0 heterocycles. The number of aliphatic hydroxyl groups is 2. The first-order chi connectivity index (χ1) is 19.5. The van der Waals surface area contributed by atoms with E-state index in [9.17, 15) is 5.11 Å². The summed E-state index contributed by atoms with van der Waals surface area (Å²) in [5, 5.41) is 18.6. The fourth-order valence-electron chi connectivity index (χ4n) is 6.83. The Morgan fingerprint density at radius 1 is 0.900 bits per heavy atom. The van der Waals surface area contributed by atoms with Crippen molar-refractivity contribution >= 4 is 0 Å². The van der Waals surface area contributed by atoms with Gasteiger partial charge in [-0.05, 0) is 97.1 Å². The maximum atomic E-state index is 15.3. The van der Waals surface area contributed by atoms with Crippen molar-refractivity contribution in [3.63, 3.8) is 0 Å².